The van der Waals surface area contributed by atoms with Gasteiger partial charge >= 0.3 is 0 Å². The lowest BCUT2D eigenvalue weighted by molar-refractivity contribution is 0.252. The largest absolute Gasteiger partial charge is 0.371 e. The normalized spacial score (nSPS) is 23.3. The molecule has 0 radical (unpaired) electrons. The van der Waals surface area contributed by atoms with Crippen molar-refractivity contribution in [1.82, 2.24) is 9.80 Å². The molecule has 2 aliphatic heterocycles. The molecule has 2 aliphatic rings. The van der Waals surface area contributed by atoms with E-state index in [2.05, 4.69) is 83.4 Å². The maximum atomic E-state index is 6.17. The predicted molar refractivity (Wildman–Crippen MR) is 130 cm³/mol. The Labute approximate surface area is 188 Å². The van der Waals surface area contributed by atoms with Crippen LogP contribution in [-0.2, 0) is 6.54 Å². The van der Waals surface area contributed by atoms with Crippen molar-refractivity contribution >= 4 is 18.1 Å². The molecule has 0 aromatic heterocycles. The third-order valence-electron chi connectivity index (χ3n) is 7.05. The molecule has 0 unspecified atom stereocenters. The second kappa shape index (κ2) is 10.6. The third-order valence-corrected chi connectivity index (χ3v) is 7.05. The van der Waals surface area contributed by atoms with Crippen molar-refractivity contribution < 1.29 is 0 Å². The number of anilines is 1. The van der Waals surface area contributed by atoms with Crippen molar-refractivity contribution in [2.75, 3.05) is 51.7 Å². The molecule has 4 rings (SSSR count). The van der Waals surface area contributed by atoms with Gasteiger partial charge in [0, 0.05) is 44.3 Å². The van der Waals surface area contributed by atoms with Gasteiger partial charge in [0.1, 0.15) is 0 Å². The fourth-order valence-corrected chi connectivity index (χ4v) is 5.21. The van der Waals surface area contributed by atoms with Gasteiger partial charge in [0.25, 0.3) is 0 Å². The van der Waals surface area contributed by atoms with Crippen LogP contribution in [0.3, 0.4) is 0 Å². The number of nitrogens with two attached hydrogens (primary N) is 1. The van der Waals surface area contributed by atoms with E-state index < -0.39 is 0 Å². The number of nitrogens with zero attached hydrogens (tertiary/aromatic N) is 3. The summed E-state index contributed by atoms with van der Waals surface area (Å²) in [6.45, 7) is 6.33. The third kappa shape index (κ3) is 5.17. The van der Waals surface area contributed by atoms with Gasteiger partial charge in [-0.25, -0.2) is 0 Å². The topological polar surface area (TPSA) is 35.7 Å². The standard InChI is InChI=1S/C25H36N4.ClH/c1-27-14-12-23(13-15-27)28(2)25-11-7-6-10-21(25)17-29-18-22(16-26)24(19-29)20-8-4-3-5-9-20;/h3-11,22-24H,12-19,26H2,1-2H3;1H/t22-,24+;/m1./s1. The summed E-state index contributed by atoms with van der Waals surface area (Å²) in [5, 5.41) is 0. The molecule has 2 saturated heterocycles. The van der Waals surface area contributed by atoms with Gasteiger partial charge < -0.3 is 15.5 Å². The zero-order valence-electron chi connectivity index (χ0n) is 18.4. The van der Waals surface area contributed by atoms with Gasteiger partial charge in [-0.05, 0) is 62.6 Å². The molecular formula is C25H37ClN4. The molecule has 2 fully saturated rings. The maximum absolute atomic E-state index is 6.17. The van der Waals surface area contributed by atoms with E-state index in [0.29, 0.717) is 17.9 Å². The van der Waals surface area contributed by atoms with Gasteiger partial charge in [-0.2, -0.15) is 0 Å². The first kappa shape index (κ1) is 23.1. The molecule has 5 heteroatoms. The minimum atomic E-state index is 0. The van der Waals surface area contributed by atoms with E-state index in [0.717, 1.165) is 26.2 Å². The van der Waals surface area contributed by atoms with Crippen LogP contribution in [0.5, 0.6) is 0 Å². The van der Waals surface area contributed by atoms with Crippen molar-refractivity contribution in [3.8, 4) is 0 Å². The van der Waals surface area contributed by atoms with Gasteiger partial charge in [-0.1, -0.05) is 48.5 Å². The highest BCUT2D eigenvalue weighted by molar-refractivity contribution is 5.85. The fourth-order valence-electron chi connectivity index (χ4n) is 5.21. The first-order valence-corrected chi connectivity index (χ1v) is 11.1. The molecule has 2 aromatic rings. The lowest BCUT2D eigenvalue weighted by Gasteiger charge is -2.37. The van der Waals surface area contributed by atoms with E-state index in [1.807, 2.05) is 0 Å². The number of rotatable bonds is 6. The molecule has 164 valence electrons. The van der Waals surface area contributed by atoms with Crippen molar-refractivity contribution in [2.24, 2.45) is 11.7 Å². The molecule has 2 aromatic carbocycles. The zero-order chi connectivity index (χ0) is 20.2. The Morgan fingerprint density at radius 2 is 1.63 bits per heavy atom. The van der Waals surface area contributed by atoms with Crippen LogP contribution in [0.25, 0.3) is 0 Å². The summed E-state index contributed by atoms with van der Waals surface area (Å²) in [6.07, 6.45) is 2.49. The molecular weight excluding hydrogens is 392 g/mol. The minimum Gasteiger partial charge on any atom is -0.371 e. The molecule has 0 saturated carbocycles. The van der Waals surface area contributed by atoms with Crippen molar-refractivity contribution in [3.05, 3.63) is 65.7 Å². The number of likely N-dealkylation sites (tertiary alicyclic amines) is 2. The number of halogens is 1. The second-order valence-corrected chi connectivity index (χ2v) is 8.98. The Bertz CT molecular complexity index is 776. The number of hydrogen-bond acceptors (Lipinski definition) is 4. The highest BCUT2D eigenvalue weighted by atomic mass is 35.5. The Hall–Kier alpha value is -1.59. The van der Waals surface area contributed by atoms with Crippen molar-refractivity contribution in [2.45, 2.75) is 31.3 Å². The summed E-state index contributed by atoms with van der Waals surface area (Å²) in [7, 11) is 4.52. The number of benzene rings is 2. The quantitative estimate of drug-likeness (QED) is 0.758. The van der Waals surface area contributed by atoms with Gasteiger partial charge in [-0.3, -0.25) is 4.90 Å². The Kier molecular flexibility index (Phi) is 8.18. The minimum absolute atomic E-state index is 0. The highest BCUT2D eigenvalue weighted by Crippen LogP contribution is 2.34. The van der Waals surface area contributed by atoms with Gasteiger partial charge in [0.2, 0.25) is 0 Å². The van der Waals surface area contributed by atoms with Crippen LogP contribution in [0.1, 0.15) is 29.9 Å². The smallest absolute Gasteiger partial charge is 0.0411 e. The van der Waals surface area contributed by atoms with Gasteiger partial charge in [-0.15, -0.1) is 12.4 Å². The van der Waals surface area contributed by atoms with Gasteiger partial charge in [0.05, 0.1) is 0 Å². The molecule has 2 N–H and O–H groups in total. The molecule has 2 heterocycles. The maximum Gasteiger partial charge on any atom is 0.0411 e. The van der Waals surface area contributed by atoms with Crippen LogP contribution in [-0.4, -0.2) is 62.7 Å². The van der Waals surface area contributed by atoms with Crippen LogP contribution in [0.4, 0.5) is 5.69 Å². The van der Waals surface area contributed by atoms with Crippen LogP contribution >= 0.6 is 12.4 Å². The molecule has 30 heavy (non-hydrogen) atoms. The van der Waals surface area contributed by atoms with Crippen LogP contribution in [0.2, 0.25) is 0 Å². The first-order chi connectivity index (χ1) is 14.2. The summed E-state index contributed by atoms with van der Waals surface area (Å²) < 4.78 is 0. The zero-order valence-corrected chi connectivity index (χ0v) is 19.2. The van der Waals surface area contributed by atoms with E-state index in [9.17, 15) is 0 Å². The molecule has 0 amide bonds. The highest BCUT2D eigenvalue weighted by Gasteiger charge is 2.33. The van der Waals surface area contributed by atoms with Crippen LogP contribution < -0.4 is 10.6 Å². The number of para-hydroxylation sites is 1. The number of piperidine rings is 1. The SMILES string of the molecule is CN1CCC(N(C)c2ccccc2CN2C[C@@H](CN)[C@H](c3ccccc3)C2)CC1.Cl. The van der Waals surface area contributed by atoms with E-state index in [1.165, 1.54) is 42.7 Å². The molecule has 0 spiro atoms. The van der Waals surface area contributed by atoms with Crippen LogP contribution in [0.15, 0.2) is 54.6 Å². The summed E-state index contributed by atoms with van der Waals surface area (Å²) in [5.74, 6) is 1.08. The predicted octanol–water partition coefficient (Wildman–Crippen LogP) is 3.81. The fraction of sp³-hybridized carbons (Fsp3) is 0.520. The molecule has 2 atom stereocenters. The van der Waals surface area contributed by atoms with Crippen LogP contribution in [0, 0.1) is 5.92 Å². The summed E-state index contributed by atoms with van der Waals surface area (Å²) in [5.41, 5.74) is 10.4. The number of hydrogen-bond donors (Lipinski definition) is 1. The van der Waals surface area contributed by atoms with E-state index in [-0.39, 0.29) is 12.4 Å². The Morgan fingerprint density at radius 3 is 2.33 bits per heavy atom. The van der Waals surface area contributed by atoms with Gasteiger partial charge in [0.15, 0.2) is 0 Å². The molecule has 0 bridgehead atoms. The monoisotopic (exact) mass is 428 g/mol. The first-order valence-electron chi connectivity index (χ1n) is 11.1. The van der Waals surface area contributed by atoms with E-state index in [4.69, 9.17) is 5.73 Å². The lowest BCUT2D eigenvalue weighted by Crippen LogP contribution is -2.42. The Morgan fingerprint density at radius 1 is 0.967 bits per heavy atom. The van der Waals surface area contributed by atoms with E-state index >= 15 is 0 Å². The Balaban J connectivity index is 0.00000256. The lowest BCUT2D eigenvalue weighted by atomic mass is 9.89. The molecule has 4 nitrogen and oxygen atoms in total. The molecule has 0 aliphatic carbocycles. The summed E-state index contributed by atoms with van der Waals surface area (Å²) >= 11 is 0. The summed E-state index contributed by atoms with van der Waals surface area (Å²) in [4.78, 5) is 7.58. The van der Waals surface area contributed by atoms with Crippen molar-refractivity contribution in [3.63, 3.8) is 0 Å². The summed E-state index contributed by atoms with van der Waals surface area (Å²) in [6, 6.07) is 20.6. The van der Waals surface area contributed by atoms with E-state index in [1.54, 1.807) is 0 Å². The second-order valence-electron chi connectivity index (χ2n) is 8.98. The van der Waals surface area contributed by atoms with Crippen molar-refractivity contribution in [1.29, 1.82) is 0 Å². The average molecular weight is 429 g/mol. The average Bonchev–Trinajstić information content (AvgIpc) is 3.18.